The van der Waals surface area contributed by atoms with Gasteiger partial charge < -0.3 is 9.64 Å². The van der Waals surface area contributed by atoms with Gasteiger partial charge in [0.25, 0.3) is 5.91 Å². The van der Waals surface area contributed by atoms with Crippen molar-refractivity contribution in [3.8, 4) is 5.75 Å². The molecule has 0 aliphatic carbocycles. The smallest absolute Gasteiger partial charge is 0.265 e. The van der Waals surface area contributed by atoms with E-state index in [1.54, 1.807) is 11.0 Å². The molecule has 0 bridgehead atoms. The topological polar surface area (TPSA) is 29.5 Å². The fourth-order valence-corrected chi connectivity index (χ4v) is 1.83. The first kappa shape index (κ1) is 13.9. The molecule has 2 aromatic rings. The molecule has 0 aliphatic heterocycles. The average Bonchev–Trinajstić information content (AvgIpc) is 2.52. The van der Waals surface area contributed by atoms with Gasteiger partial charge in [0.2, 0.25) is 0 Å². The third-order valence-corrected chi connectivity index (χ3v) is 2.79. The Labute approximate surface area is 119 Å². The Bertz CT molecular complexity index is 552. The maximum atomic E-state index is 12.3. The molecule has 0 spiro atoms. The zero-order valence-electron chi connectivity index (χ0n) is 11.2. The van der Waals surface area contributed by atoms with E-state index >= 15 is 0 Å². The minimum absolute atomic E-state index is 0.00669. The molecule has 3 nitrogen and oxygen atoms in total. The van der Waals surface area contributed by atoms with E-state index in [1.807, 2.05) is 60.7 Å². The standard InChI is InChI=1S/C17H17NO2/c1-2-13-18(15-9-5-3-6-10-15)17(19)14-20-16-11-7-4-8-12-16/h2-12H,1,13-14H2. The number of hydrogen-bond acceptors (Lipinski definition) is 2. The number of anilines is 1. The van der Waals surface area contributed by atoms with E-state index in [0.29, 0.717) is 12.3 Å². The van der Waals surface area contributed by atoms with Gasteiger partial charge in [0.1, 0.15) is 5.75 Å². The number of carbonyl (C=O) groups excluding carboxylic acids is 1. The van der Waals surface area contributed by atoms with E-state index < -0.39 is 0 Å². The van der Waals surface area contributed by atoms with Gasteiger partial charge in [-0.15, -0.1) is 6.58 Å². The van der Waals surface area contributed by atoms with Crippen molar-refractivity contribution in [2.24, 2.45) is 0 Å². The van der Waals surface area contributed by atoms with Crippen molar-refractivity contribution in [1.82, 2.24) is 0 Å². The zero-order chi connectivity index (χ0) is 14.2. The summed E-state index contributed by atoms with van der Waals surface area (Å²) in [6.45, 7) is 4.16. The number of amides is 1. The van der Waals surface area contributed by atoms with E-state index in [9.17, 15) is 4.79 Å². The largest absolute Gasteiger partial charge is 0.484 e. The fraction of sp³-hybridized carbons (Fsp3) is 0.118. The van der Waals surface area contributed by atoms with Crippen LogP contribution in [0.15, 0.2) is 73.3 Å². The van der Waals surface area contributed by atoms with Gasteiger partial charge in [-0.2, -0.15) is 0 Å². The van der Waals surface area contributed by atoms with Crippen LogP contribution in [0.2, 0.25) is 0 Å². The summed E-state index contributed by atoms with van der Waals surface area (Å²) in [4.78, 5) is 13.9. The summed E-state index contributed by atoms with van der Waals surface area (Å²) < 4.78 is 5.49. The van der Waals surface area contributed by atoms with Crippen LogP contribution in [0.1, 0.15) is 0 Å². The fourth-order valence-electron chi connectivity index (χ4n) is 1.83. The molecule has 0 aromatic heterocycles. The van der Waals surface area contributed by atoms with E-state index in [1.165, 1.54) is 0 Å². The summed E-state index contributed by atoms with van der Waals surface area (Å²) in [6, 6.07) is 18.8. The second-order valence-corrected chi connectivity index (χ2v) is 4.23. The molecule has 0 fully saturated rings. The quantitative estimate of drug-likeness (QED) is 0.752. The summed E-state index contributed by atoms with van der Waals surface area (Å²) >= 11 is 0. The first-order chi connectivity index (χ1) is 9.81. The van der Waals surface area contributed by atoms with Gasteiger partial charge in [0, 0.05) is 12.2 Å². The second kappa shape index (κ2) is 7.14. The predicted octanol–water partition coefficient (Wildman–Crippen LogP) is 3.28. The van der Waals surface area contributed by atoms with Crippen molar-refractivity contribution < 1.29 is 9.53 Å². The second-order valence-electron chi connectivity index (χ2n) is 4.23. The summed E-state index contributed by atoms with van der Waals surface area (Å²) in [6.07, 6.45) is 1.70. The van der Waals surface area contributed by atoms with Crippen molar-refractivity contribution in [1.29, 1.82) is 0 Å². The third kappa shape index (κ3) is 3.72. The van der Waals surface area contributed by atoms with Crippen LogP contribution in [-0.4, -0.2) is 19.1 Å². The summed E-state index contributed by atoms with van der Waals surface area (Å²) in [5.74, 6) is 0.590. The van der Waals surface area contributed by atoms with Crippen molar-refractivity contribution in [2.75, 3.05) is 18.1 Å². The molecule has 0 atom stereocenters. The van der Waals surface area contributed by atoms with Crippen LogP contribution in [0, 0.1) is 0 Å². The molecule has 0 aliphatic rings. The van der Waals surface area contributed by atoms with Crippen LogP contribution >= 0.6 is 0 Å². The SMILES string of the molecule is C=CCN(C(=O)COc1ccccc1)c1ccccc1. The lowest BCUT2D eigenvalue weighted by Gasteiger charge is -2.21. The van der Waals surface area contributed by atoms with Crippen LogP contribution in [0.3, 0.4) is 0 Å². The highest BCUT2D eigenvalue weighted by molar-refractivity contribution is 5.94. The highest BCUT2D eigenvalue weighted by atomic mass is 16.5. The lowest BCUT2D eigenvalue weighted by molar-refractivity contribution is -0.120. The van der Waals surface area contributed by atoms with Gasteiger partial charge in [-0.1, -0.05) is 42.5 Å². The van der Waals surface area contributed by atoms with E-state index in [0.717, 1.165) is 5.69 Å². The van der Waals surface area contributed by atoms with Crippen LogP contribution in [0.5, 0.6) is 5.75 Å². The molecule has 3 heteroatoms. The Morgan fingerprint density at radius 3 is 2.25 bits per heavy atom. The van der Waals surface area contributed by atoms with E-state index in [2.05, 4.69) is 6.58 Å². The Kier molecular flexibility index (Phi) is 4.95. The van der Waals surface area contributed by atoms with Crippen LogP contribution < -0.4 is 9.64 Å². The Morgan fingerprint density at radius 2 is 1.65 bits per heavy atom. The molecule has 0 N–H and O–H groups in total. The molecule has 20 heavy (non-hydrogen) atoms. The normalized spacial score (nSPS) is 9.80. The van der Waals surface area contributed by atoms with Gasteiger partial charge in [-0.3, -0.25) is 4.79 Å². The molecular formula is C17H17NO2. The van der Waals surface area contributed by atoms with Gasteiger partial charge >= 0.3 is 0 Å². The summed E-state index contributed by atoms with van der Waals surface area (Å²) in [5, 5.41) is 0. The molecule has 0 heterocycles. The first-order valence-electron chi connectivity index (χ1n) is 6.45. The van der Waals surface area contributed by atoms with Crippen LogP contribution in [0.4, 0.5) is 5.69 Å². The molecule has 0 saturated carbocycles. The lowest BCUT2D eigenvalue weighted by Crippen LogP contribution is -2.35. The maximum absolute atomic E-state index is 12.3. The minimum Gasteiger partial charge on any atom is -0.484 e. The zero-order valence-corrected chi connectivity index (χ0v) is 11.2. The molecule has 0 radical (unpaired) electrons. The highest BCUT2D eigenvalue weighted by Gasteiger charge is 2.14. The predicted molar refractivity (Wildman–Crippen MR) is 80.9 cm³/mol. The average molecular weight is 267 g/mol. The van der Waals surface area contributed by atoms with Crippen molar-refractivity contribution >= 4 is 11.6 Å². The monoisotopic (exact) mass is 267 g/mol. The molecule has 0 saturated heterocycles. The molecule has 102 valence electrons. The molecular weight excluding hydrogens is 250 g/mol. The Morgan fingerprint density at radius 1 is 1.05 bits per heavy atom. The van der Waals surface area contributed by atoms with Gasteiger partial charge in [0.05, 0.1) is 0 Å². The minimum atomic E-state index is -0.0973. The molecule has 1 amide bonds. The summed E-state index contributed by atoms with van der Waals surface area (Å²) in [7, 11) is 0. The van der Waals surface area contributed by atoms with E-state index in [-0.39, 0.29) is 12.5 Å². The number of benzene rings is 2. The van der Waals surface area contributed by atoms with Gasteiger partial charge in [-0.05, 0) is 24.3 Å². The molecule has 2 aromatic carbocycles. The number of hydrogen-bond donors (Lipinski definition) is 0. The Hall–Kier alpha value is -2.55. The van der Waals surface area contributed by atoms with Crippen molar-refractivity contribution in [2.45, 2.75) is 0 Å². The summed E-state index contributed by atoms with van der Waals surface area (Å²) in [5.41, 5.74) is 0.842. The van der Waals surface area contributed by atoms with Gasteiger partial charge in [0.15, 0.2) is 6.61 Å². The number of ether oxygens (including phenoxy) is 1. The van der Waals surface area contributed by atoms with Crippen LogP contribution in [0.25, 0.3) is 0 Å². The van der Waals surface area contributed by atoms with Gasteiger partial charge in [-0.25, -0.2) is 0 Å². The van der Waals surface area contributed by atoms with E-state index in [4.69, 9.17) is 4.74 Å². The number of para-hydroxylation sites is 2. The molecule has 0 unspecified atom stereocenters. The highest BCUT2D eigenvalue weighted by Crippen LogP contribution is 2.14. The van der Waals surface area contributed by atoms with Crippen LogP contribution in [-0.2, 0) is 4.79 Å². The first-order valence-corrected chi connectivity index (χ1v) is 6.45. The number of nitrogens with zero attached hydrogens (tertiary/aromatic N) is 1. The molecule has 2 rings (SSSR count). The Balaban J connectivity index is 2.02. The number of carbonyl (C=O) groups is 1. The maximum Gasteiger partial charge on any atom is 0.265 e. The lowest BCUT2D eigenvalue weighted by atomic mass is 10.3. The third-order valence-electron chi connectivity index (χ3n) is 2.79. The number of rotatable bonds is 6. The van der Waals surface area contributed by atoms with Crippen molar-refractivity contribution in [3.63, 3.8) is 0 Å². The van der Waals surface area contributed by atoms with Crippen molar-refractivity contribution in [3.05, 3.63) is 73.3 Å².